The van der Waals surface area contributed by atoms with Crippen molar-refractivity contribution in [2.24, 2.45) is 0 Å². The van der Waals surface area contributed by atoms with Gasteiger partial charge in [0.2, 0.25) is 0 Å². The molecule has 1 aromatic heterocycles. The lowest BCUT2D eigenvalue weighted by Crippen LogP contribution is -2.06. The van der Waals surface area contributed by atoms with Gasteiger partial charge in [-0.2, -0.15) is 0 Å². The SMILES string of the molecule is Nc1nnn(Cc2ccc([N+](=O)[O-])cc2)c1C1CC1. The number of rotatable bonds is 4. The minimum Gasteiger partial charge on any atom is -0.381 e. The largest absolute Gasteiger partial charge is 0.381 e. The Kier molecular flexibility index (Phi) is 2.66. The third-order valence-corrected chi connectivity index (χ3v) is 3.24. The predicted octanol–water partition coefficient (Wildman–Crippen LogP) is 1.69. The summed E-state index contributed by atoms with van der Waals surface area (Å²) in [7, 11) is 0. The van der Waals surface area contributed by atoms with Gasteiger partial charge in [-0.1, -0.05) is 17.3 Å². The van der Waals surface area contributed by atoms with E-state index in [1.54, 1.807) is 16.8 Å². The van der Waals surface area contributed by atoms with Gasteiger partial charge in [0.25, 0.3) is 5.69 Å². The van der Waals surface area contributed by atoms with Gasteiger partial charge < -0.3 is 5.73 Å². The Morgan fingerprint density at radius 2 is 2.05 bits per heavy atom. The minimum atomic E-state index is -0.410. The highest BCUT2D eigenvalue weighted by Gasteiger charge is 2.30. The predicted molar refractivity (Wildman–Crippen MR) is 68.6 cm³/mol. The first-order valence-electron chi connectivity index (χ1n) is 6.07. The molecule has 2 aromatic rings. The van der Waals surface area contributed by atoms with Gasteiger partial charge in [0.15, 0.2) is 5.82 Å². The summed E-state index contributed by atoms with van der Waals surface area (Å²) in [4.78, 5) is 10.2. The Labute approximate surface area is 109 Å². The second-order valence-electron chi connectivity index (χ2n) is 4.72. The quantitative estimate of drug-likeness (QED) is 0.665. The number of hydrogen-bond acceptors (Lipinski definition) is 5. The Morgan fingerprint density at radius 1 is 1.37 bits per heavy atom. The number of nitro benzene ring substituents is 1. The fraction of sp³-hybridized carbons (Fsp3) is 0.333. The van der Waals surface area contributed by atoms with E-state index in [0.29, 0.717) is 18.3 Å². The van der Waals surface area contributed by atoms with Crippen LogP contribution in [0.2, 0.25) is 0 Å². The van der Waals surface area contributed by atoms with Crippen LogP contribution in [-0.2, 0) is 6.54 Å². The molecule has 0 amide bonds. The average Bonchev–Trinajstić information content (AvgIpc) is 3.16. The fourth-order valence-corrected chi connectivity index (χ4v) is 2.12. The van der Waals surface area contributed by atoms with E-state index in [-0.39, 0.29) is 5.69 Å². The molecule has 19 heavy (non-hydrogen) atoms. The van der Waals surface area contributed by atoms with Crippen molar-refractivity contribution >= 4 is 11.5 Å². The van der Waals surface area contributed by atoms with Crippen molar-refractivity contribution in [2.75, 3.05) is 5.73 Å². The molecule has 0 bridgehead atoms. The molecule has 7 nitrogen and oxygen atoms in total. The van der Waals surface area contributed by atoms with Gasteiger partial charge in [-0.15, -0.1) is 5.10 Å². The smallest absolute Gasteiger partial charge is 0.269 e. The van der Waals surface area contributed by atoms with Crippen LogP contribution in [0.5, 0.6) is 0 Å². The number of benzene rings is 1. The van der Waals surface area contributed by atoms with E-state index in [2.05, 4.69) is 10.3 Å². The maximum atomic E-state index is 10.6. The Hall–Kier alpha value is -2.44. The molecule has 1 heterocycles. The summed E-state index contributed by atoms with van der Waals surface area (Å²) in [6.45, 7) is 0.536. The fourth-order valence-electron chi connectivity index (χ4n) is 2.12. The summed E-state index contributed by atoms with van der Waals surface area (Å²) in [5.41, 5.74) is 7.83. The van der Waals surface area contributed by atoms with Crippen molar-refractivity contribution in [3.63, 3.8) is 0 Å². The molecule has 0 radical (unpaired) electrons. The topological polar surface area (TPSA) is 99.9 Å². The maximum Gasteiger partial charge on any atom is 0.269 e. The van der Waals surface area contributed by atoms with Crippen molar-refractivity contribution in [1.29, 1.82) is 0 Å². The highest BCUT2D eigenvalue weighted by molar-refractivity contribution is 5.39. The number of nitrogen functional groups attached to an aromatic ring is 1. The number of nitro groups is 1. The number of nitrogens with two attached hydrogens (primary N) is 1. The van der Waals surface area contributed by atoms with Crippen LogP contribution < -0.4 is 5.73 Å². The molecule has 2 N–H and O–H groups in total. The molecule has 1 aromatic carbocycles. The highest BCUT2D eigenvalue weighted by atomic mass is 16.6. The molecule has 1 aliphatic rings. The van der Waals surface area contributed by atoms with Crippen LogP contribution in [0.15, 0.2) is 24.3 Å². The zero-order valence-electron chi connectivity index (χ0n) is 10.2. The summed E-state index contributed by atoms with van der Waals surface area (Å²) < 4.78 is 1.79. The number of non-ortho nitro benzene ring substituents is 1. The normalized spacial score (nSPS) is 14.5. The van der Waals surface area contributed by atoms with E-state index in [9.17, 15) is 10.1 Å². The van der Waals surface area contributed by atoms with E-state index in [0.717, 1.165) is 24.1 Å². The summed E-state index contributed by atoms with van der Waals surface area (Å²) in [5, 5.41) is 18.5. The van der Waals surface area contributed by atoms with Crippen LogP contribution >= 0.6 is 0 Å². The molecule has 0 aliphatic heterocycles. The van der Waals surface area contributed by atoms with Crippen LogP contribution in [0, 0.1) is 10.1 Å². The van der Waals surface area contributed by atoms with Gasteiger partial charge in [0, 0.05) is 18.1 Å². The molecule has 1 saturated carbocycles. The van der Waals surface area contributed by atoms with Gasteiger partial charge >= 0.3 is 0 Å². The zero-order chi connectivity index (χ0) is 13.4. The van der Waals surface area contributed by atoms with Crippen molar-refractivity contribution in [3.8, 4) is 0 Å². The van der Waals surface area contributed by atoms with Crippen LogP contribution in [0.25, 0.3) is 0 Å². The van der Waals surface area contributed by atoms with E-state index in [1.807, 2.05) is 0 Å². The van der Waals surface area contributed by atoms with E-state index >= 15 is 0 Å². The van der Waals surface area contributed by atoms with Crippen LogP contribution in [-0.4, -0.2) is 19.9 Å². The number of aromatic nitrogens is 3. The lowest BCUT2D eigenvalue weighted by molar-refractivity contribution is -0.384. The minimum absolute atomic E-state index is 0.0873. The van der Waals surface area contributed by atoms with Crippen LogP contribution in [0.4, 0.5) is 11.5 Å². The van der Waals surface area contributed by atoms with E-state index in [4.69, 9.17) is 5.73 Å². The molecular formula is C12H13N5O2. The summed E-state index contributed by atoms with van der Waals surface area (Å²) in [6, 6.07) is 6.44. The van der Waals surface area contributed by atoms with Gasteiger partial charge in [-0.25, -0.2) is 4.68 Å². The van der Waals surface area contributed by atoms with Crippen LogP contribution in [0.1, 0.15) is 30.0 Å². The number of hydrogen-bond donors (Lipinski definition) is 1. The van der Waals surface area contributed by atoms with Crippen molar-refractivity contribution in [3.05, 3.63) is 45.6 Å². The first-order valence-corrected chi connectivity index (χ1v) is 6.07. The lowest BCUT2D eigenvalue weighted by Gasteiger charge is -2.05. The third-order valence-electron chi connectivity index (χ3n) is 3.24. The molecule has 1 fully saturated rings. The molecule has 0 unspecified atom stereocenters. The van der Waals surface area contributed by atoms with Crippen molar-refractivity contribution in [2.45, 2.75) is 25.3 Å². The second-order valence-corrected chi connectivity index (χ2v) is 4.72. The summed E-state index contributed by atoms with van der Waals surface area (Å²) in [5.74, 6) is 0.956. The molecular weight excluding hydrogens is 246 g/mol. The second kappa shape index (κ2) is 4.34. The Balaban J connectivity index is 1.83. The Bertz CT molecular complexity index is 616. The van der Waals surface area contributed by atoms with Crippen molar-refractivity contribution in [1.82, 2.24) is 15.0 Å². The maximum absolute atomic E-state index is 10.6. The molecule has 0 saturated heterocycles. The first kappa shape index (κ1) is 11.6. The van der Waals surface area contributed by atoms with Gasteiger partial charge in [-0.05, 0) is 18.4 Å². The zero-order valence-corrected chi connectivity index (χ0v) is 10.2. The standard InChI is InChI=1S/C12H13N5O2/c13-12-11(9-3-4-9)16(15-14-12)7-8-1-5-10(6-2-8)17(18)19/h1-2,5-6,9H,3-4,7,13H2. The Morgan fingerprint density at radius 3 is 2.63 bits per heavy atom. The monoisotopic (exact) mass is 259 g/mol. The third kappa shape index (κ3) is 2.26. The molecule has 0 atom stereocenters. The molecule has 98 valence electrons. The molecule has 7 heteroatoms. The number of anilines is 1. The highest BCUT2D eigenvalue weighted by Crippen LogP contribution is 2.42. The van der Waals surface area contributed by atoms with Gasteiger partial charge in [0.1, 0.15) is 0 Å². The van der Waals surface area contributed by atoms with Crippen LogP contribution in [0.3, 0.4) is 0 Å². The van der Waals surface area contributed by atoms with Gasteiger partial charge in [0.05, 0.1) is 17.2 Å². The molecule has 3 rings (SSSR count). The average molecular weight is 259 g/mol. The lowest BCUT2D eigenvalue weighted by atomic mass is 10.2. The molecule has 1 aliphatic carbocycles. The summed E-state index contributed by atoms with van der Waals surface area (Å²) in [6.07, 6.45) is 2.25. The summed E-state index contributed by atoms with van der Waals surface area (Å²) >= 11 is 0. The van der Waals surface area contributed by atoms with Crippen molar-refractivity contribution < 1.29 is 4.92 Å². The van der Waals surface area contributed by atoms with E-state index in [1.165, 1.54) is 12.1 Å². The molecule has 0 spiro atoms. The van der Waals surface area contributed by atoms with Gasteiger partial charge in [-0.3, -0.25) is 10.1 Å². The number of nitrogens with zero attached hydrogens (tertiary/aromatic N) is 4. The van der Waals surface area contributed by atoms with E-state index < -0.39 is 4.92 Å². The first-order chi connectivity index (χ1) is 9.15.